The number of thiol groups is 1. The van der Waals surface area contributed by atoms with Crippen molar-refractivity contribution in [3.63, 3.8) is 0 Å². The maximum absolute atomic E-state index is 4.26. The lowest BCUT2D eigenvalue weighted by Crippen LogP contribution is -1.77. The van der Waals surface area contributed by atoms with Crippen molar-refractivity contribution in [2.75, 3.05) is 0 Å². The minimum absolute atomic E-state index is 1.00. The summed E-state index contributed by atoms with van der Waals surface area (Å²) in [6.45, 7) is 6.10. The van der Waals surface area contributed by atoms with Gasteiger partial charge in [-0.2, -0.15) is 0 Å². The zero-order valence-corrected chi connectivity index (χ0v) is 11.0. The SMILES string of the molecule is CC.Cc1ccc(-c2ccc(S)cc2)cc1. The Morgan fingerprint density at radius 2 is 1.06 bits per heavy atom. The van der Waals surface area contributed by atoms with Gasteiger partial charge >= 0.3 is 0 Å². The zero-order valence-electron chi connectivity index (χ0n) is 10.1. The van der Waals surface area contributed by atoms with Crippen LogP contribution in [0.4, 0.5) is 0 Å². The van der Waals surface area contributed by atoms with Crippen LogP contribution in [0.3, 0.4) is 0 Å². The molecule has 0 atom stereocenters. The van der Waals surface area contributed by atoms with E-state index < -0.39 is 0 Å². The fourth-order valence-electron chi connectivity index (χ4n) is 1.40. The highest BCUT2D eigenvalue weighted by Crippen LogP contribution is 2.20. The minimum Gasteiger partial charge on any atom is -0.143 e. The second-order valence-corrected chi connectivity index (χ2v) is 3.93. The number of benzene rings is 2. The summed E-state index contributed by atoms with van der Waals surface area (Å²) >= 11 is 4.26. The van der Waals surface area contributed by atoms with E-state index in [0.29, 0.717) is 0 Å². The van der Waals surface area contributed by atoms with Crippen molar-refractivity contribution >= 4 is 12.6 Å². The smallest absolute Gasteiger partial charge is 0.00404 e. The van der Waals surface area contributed by atoms with E-state index in [2.05, 4.69) is 56.0 Å². The summed E-state index contributed by atoms with van der Waals surface area (Å²) in [6.07, 6.45) is 0. The van der Waals surface area contributed by atoms with Crippen LogP contribution in [0.2, 0.25) is 0 Å². The van der Waals surface area contributed by atoms with Crippen molar-refractivity contribution in [1.29, 1.82) is 0 Å². The highest BCUT2D eigenvalue weighted by molar-refractivity contribution is 7.80. The summed E-state index contributed by atoms with van der Waals surface area (Å²) in [4.78, 5) is 1.00. The Kier molecular flexibility index (Phi) is 5.13. The molecule has 0 unspecified atom stereocenters. The monoisotopic (exact) mass is 230 g/mol. The first-order valence-electron chi connectivity index (χ1n) is 5.62. The second kappa shape index (κ2) is 6.39. The van der Waals surface area contributed by atoms with Crippen molar-refractivity contribution < 1.29 is 0 Å². The van der Waals surface area contributed by atoms with E-state index in [1.54, 1.807) is 0 Å². The molecule has 0 N–H and O–H groups in total. The summed E-state index contributed by atoms with van der Waals surface area (Å²) in [5.41, 5.74) is 3.78. The summed E-state index contributed by atoms with van der Waals surface area (Å²) in [5.74, 6) is 0. The standard InChI is InChI=1S/C13H12S.C2H6/c1-10-2-4-11(5-3-10)12-6-8-13(14)9-7-12;1-2/h2-9,14H,1H3;1-2H3. The maximum atomic E-state index is 4.26. The third-order valence-corrected chi connectivity index (χ3v) is 2.55. The summed E-state index contributed by atoms with van der Waals surface area (Å²) in [7, 11) is 0. The molecule has 16 heavy (non-hydrogen) atoms. The van der Waals surface area contributed by atoms with Crippen molar-refractivity contribution in [3.8, 4) is 11.1 Å². The fourth-order valence-corrected chi connectivity index (χ4v) is 1.55. The molecule has 0 aliphatic carbocycles. The van der Waals surface area contributed by atoms with Crippen LogP contribution in [0.25, 0.3) is 11.1 Å². The molecule has 2 aromatic rings. The summed E-state index contributed by atoms with van der Waals surface area (Å²) < 4.78 is 0. The van der Waals surface area contributed by atoms with Crippen molar-refractivity contribution in [3.05, 3.63) is 54.1 Å². The molecule has 0 aliphatic heterocycles. The predicted molar refractivity (Wildman–Crippen MR) is 75.2 cm³/mol. The van der Waals surface area contributed by atoms with Crippen molar-refractivity contribution in [2.45, 2.75) is 25.7 Å². The zero-order chi connectivity index (χ0) is 12.0. The molecular weight excluding hydrogens is 212 g/mol. The molecule has 0 aliphatic rings. The third-order valence-electron chi connectivity index (χ3n) is 2.25. The molecule has 2 aromatic carbocycles. The van der Waals surface area contributed by atoms with Crippen LogP contribution in [-0.2, 0) is 0 Å². The van der Waals surface area contributed by atoms with Crippen LogP contribution < -0.4 is 0 Å². The largest absolute Gasteiger partial charge is 0.143 e. The number of aryl methyl sites for hydroxylation is 1. The van der Waals surface area contributed by atoms with Crippen LogP contribution in [0.1, 0.15) is 19.4 Å². The van der Waals surface area contributed by atoms with Gasteiger partial charge in [0, 0.05) is 4.90 Å². The summed E-state index contributed by atoms with van der Waals surface area (Å²) in [5, 5.41) is 0. The van der Waals surface area contributed by atoms with E-state index >= 15 is 0 Å². The Balaban J connectivity index is 0.000000606. The summed E-state index contributed by atoms with van der Waals surface area (Å²) in [6, 6.07) is 16.7. The molecule has 1 heteroatoms. The topological polar surface area (TPSA) is 0 Å². The van der Waals surface area contributed by atoms with Crippen LogP contribution >= 0.6 is 12.6 Å². The minimum atomic E-state index is 1.00. The molecule has 0 nitrogen and oxygen atoms in total. The first kappa shape index (κ1) is 12.9. The molecule has 0 radical (unpaired) electrons. The molecule has 0 fully saturated rings. The van der Waals surface area contributed by atoms with Crippen molar-refractivity contribution in [2.24, 2.45) is 0 Å². The molecule has 0 bridgehead atoms. The number of rotatable bonds is 1. The van der Waals surface area contributed by atoms with Gasteiger partial charge in [0.15, 0.2) is 0 Å². The number of hydrogen-bond donors (Lipinski definition) is 1. The first-order valence-corrected chi connectivity index (χ1v) is 6.06. The quantitative estimate of drug-likeness (QED) is 0.656. The molecule has 0 amide bonds. The highest BCUT2D eigenvalue weighted by Gasteiger charge is 1.95. The first-order chi connectivity index (χ1) is 7.75. The normalized spacial score (nSPS) is 9.25. The van der Waals surface area contributed by atoms with Gasteiger partial charge in [-0.25, -0.2) is 0 Å². The molecule has 2 rings (SSSR count). The van der Waals surface area contributed by atoms with Gasteiger partial charge in [-0.15, -0.1) is 12.6 Å². The average Bonchev–Trinajstić information content (AvgIpc) is 2.34. The van der Waals surface area contributed by atoms with Crippen LogP contribution in [-0.4, -0.2) is 0 Å². The van der Waals surface area contributed by atoms with Gasteiger partial charge in [-0.1, -0.05) is 55.8 Å². The Labute approximate surface area is 104 Å². The number of hydrogen-bond acceptors (Lipinski definition) is 1. The third kappa shape index (κ3) is 3.42. The van der Waals surface area contributed by atoms with E-state index in [9.17, 15) is 0 Å². The fraction of sp³-hybridized carbons (Fsp3) is 0.200. The molecule has 0 aromatic heterocycles. The Morgan fingerprint density at radius 3 is 1.50 bits per heavy atom. The van der Waals surface area contributed by atoms with Gasteiger partial charge in [0.25, 0.3) is 0 Å². The molecule has 0 heterocycles. The van der Waals surface area contributed by atoms with E-state index in [0.717, 1.165) is 4.90 Å². The van der Waals surface area contributed by atoms with Gasteiger partial charge in [0.1, 0.15) is 0 Å². The van der Waals surface area contributed by atoms with Gasteiger partial charge < -0.3 is 0 Å². The predicted octanol–water partition coefficient (Wildman–Crippen LogP) is 4.98. The van der Waals surface area contributed by atoms with Crippen LogP contribution in [0, 0.1) is 6.92 Å². The lowest BCUT2D eigenvalue weighted by atomic mass is 10.0. The van der Waals surface area contributed by atoms with Crippen LogP contribution in [0.5, 0.6) is 0 Å². The molecule has 0 saturated carbocycles. The highest BCUT2D eigenvalue weighted by atomic mass is 32.1. The van der Waals surface area contributed by atoms with Crippen molar-refractivity contribution in [1.82, 2.24) is 0 Å². The maximum Gasteiger partial charge on any atom is 0.00404 e. The van der Waals surface area contributed by atoms with Gasteiger partial charge in [0.05, 0.1) is 0 Å². The van der Waals surface area contributed by atoms with Gasteiger partial charge in [0.2, 0.25) is 0 Å². The molecule has 0 spiro atoms. The van der Waals surface area contributed by atoms with E-state index in [4.69, 9.17) is 0 Å². The molecule has 84 valence electrons. The van der Waals surface area contributed by atoms with Crippen LogP contribution in [0.15, 0.2) is 53.4 Å². The van der Waals surface area contributed by atoms with E-state index in [1.807, 2.05) is 26.0 Å². The average molecular weight is 230 g/mol. The Bertz CT molecular complexity index is 369. The lowest BCUT2D eigenvalue weighted by molar-refractivity contribution is 1.44. The van der Waals surface area contributed by atoms with Gasteiger partial charge in [-0.3, -0.25) is 0 Å². The van der Waals surface area contributed by atoms with Gasteiger partial charge in [-0.05, 0) is 30.2 Å². The van der Waals surface area contributed by atoms with E-state index in [-0.39, 0.29) is 0 Å². The second-order valence-electron chi connectivity index (χ2n) is 3.41. The Morgan fingerprint density at radius 1 is 0.688 bits per heavy atom. The molecular formula is C15H18S. The molecule has 0 saturated heterocycles. The lowest BCUT2D eigenvalue weighted by Gasteiger charge is -2.02. The Hall–Kier alpha value is -1.21. The van der Waals surface area contributed by atoms with E-state index in [1.165, 1.54) is 16.7 Å².